The van der Waals surface area contributed by atoms with Crippen molar-refractivity contribution in [3.05, 3.63) is 48.3 Å². The number of alkyl halides is 3. The summed E-state index contributed by atoms with van der Waals surface area (Å²) < 4.78 is 49.6. The molecule has 0 bridgehead atoms. The molecule has 2 rings (SSSR count). The number of ether oxygens (including phenoxy) is 2. The van der Waals surface area contributed by atoms with E-state index >= 15 is 0 Å². The van der Waals surface area contributed by atoms with Crippen LogP contribution in [0.5, 0.6) is 11.5 Å². The number of rotatable bonds is 3. The van der Waals surface area contributed by atoms with Crippen molar-refractivity contribution in [2.45, 2.75) is 6.18 Å². The zero-order valence-corrected chi connectivity index (χ0v) is 14.5. The minimum atomic E-state index is -4.94. The maximum Gasteiger partial charge on any atom is 0.433 e. The predicted octanol–water partition coefficient (Wildman–Crippen LogP) is 1.35. The highest BCUT2D eigenvalue weighted by atomic mass is 127. The van der Waals surface area contributed by atoms with Crippen molar-refractivity contribution < 1.29 is 22.6 Å². The molecular weight excluding hydrogens is 446 g/mol. The van der Waals surface area contributed by atoms with E-state index in [0.717, 1.165) is 0 Å². The fourth-order valence-electron chi connectivity index (χ4n) is 2.00. The van der Waals surface area contributed by atoms with Gasteiger partial charge in [0.1, 0.15) is 11.5 Å². The average molecular weight is 457 g/mol. The standard InChI is InChI=1S/C13H11F3IN3O4/c1-23-7-3-6(4-8(24-2)11(7)17)19-10(21)5-9(13(14,15)16)20(18)12(19)22/h3-5H,18H2,1-2H3. The second-order valence-corrected chi connectivity index (χ2v) is 5.60. The molecule has 1 heterocycles. The topological polar surface area (TPSA) is 88.5 Å². The van der Waals surface area contributed by atoms with Gasteiger partial charge in [-0.3, -0.25) is 4.79 Å². The Balaban J connectivity index is 2.82. The van der Waals surface area contributed by atoms with Gasteiger partial charge in [-0.05, 0) is 22.6 Å². The van der Waals surface area contributed by atoms with Gasteiger partial charge in [-0.15, -0.1) is 0 Å². The van der Waals surface area contributed by atoms with Gasteiger partial charge in [-0.2, -0.15) is 13.2 Å². The summed E-state index contributed by atoms with van der Waals surface area (Å²) in [5.41, 5.74) is -4.11. The molecule has 1 aromatic heterocycles. The second kappa shape index (κ2) is 6.37. The van der Waals surface area contributed by atoms with Crippen LogP contribution in [0.15, 0.2) is 27.8 Å². The molecule has 0 saturated heterocycles. The summed E-state index contributed by atoms with van der Waals surface area (Å²) in [7, 11) is 2.72. The van der Waals surface area contributed by atoms with Gasteiger partial charge in [0.2, 0.25) is 0 Å². The highest BCUT2D eigenvalue weighted by Gasteiger charge is 2.35. The number of nitrogens with two attached hydrogens (primary N) is 1. The number of aromatic nitrogens is 2. The van der Waals surface area contributed by atoms with Crippen molar-refractivity contribution in [1.29, 1.82) is 0 Å². The SMILES string of the molecule is COc1cc(-n2c(=O)cc(C(F)(F)F)n(N)c2=O)cc(OC)c1I. The molecule has 0 fully saturated rings. The summed E-state index contributed by atoms with van der Waals surface area (Å²) in [6, 6.07) is 2.89. The summed E-state index contributed by atoms with van der Waals surface area (Å²) in [6.07, 6.45) is -4.94. The van der Waals surface area contributed by atoms with Crippen molar-refractivity contribution in [3.63, 3.8) is 0 Å². The molecule has 0 aliphatic carbocycles. The summed E-state index contributed by atoms with van der Waals surface area (Å²) in [5, 5.41) is 0. The van der Waals surface area contributed by atoms with E-state index in [-0.39, 0.29) is 27.9 Å². The average Bonchev–Trinajstić information content (AvgIpc) is 2.51. The van der Waals surface area contributed by atoms with Gasteiger partial charge in [0.05, 0.1) is 23.5 Å². The summed E-state index contributed by atoms with van der Waals surface area (Å²) in [4.78, 5) is 24.2. The number of benzene rings is 1. The first-order chi connectivity index (χ1) is 11.1. The molecule has 0 unspecified atom stereocenters. The van der Waals surface area contributed by atoms with E-state index in [2.05, 4.69) is 0 Å². The van der Waals surface area contributed by atoms with Gasteiger partial charge in [-0.25, -0.2) is 14.0 Å². The third-order valence-corrected chi connectivity index (χ3v) is 4.18. The van der Waals surface area contributed by atoms with Crippen LogP contribution in [0.1, 0.15) is 5.69 Å². The fourth-order valence-corrected chi connectivity index (χ4v) is 2.75. The summed E-state index contributed by atoms with van der Waals surface area (Å²) in [5.74, 6) is 5.76. The van der Waals surface area contributed by atoms with E-state index in [4.69, 9.17) is 15.3 Å². The van der Waals surface area contributed by atoms with Crippen LogP contribution in [0.25, 0.3) is 5.69 Å². The lowest BCUT2D eigenvalue weighted by Crippen LogP contribution is -2.45. The van der Waals surface area contributed by atoms with E-state index < -0.39 is 23.1 Å². The Bertz CT molecular complexity index is 880. The van der Waals surface area contributed by atoms with Gasteiger partial charge in [0.15, 0.2) is 5.69 Å². The Labute approximate surface area is 146 Å². The van der Waals surface area contributed by atoms with E-state index in [1.165, 1.54) is 26.4 Å². The Morgan fingerprint density at radius 2 is 1.58 bits per heavy atom. The molecule has 0 radical (unpaired) electrons. The van der Waals surface area contributed by atoms with Crippen LogP contribution in [-0.2, 0) is 6.18 Å². The molecule has 0 aliphatic heterocycles. The van der Waals surface area contributed by atoms with Crippen molar-refractivity contribution in [3.8, 4) is 17.2 Å². The fraction of sp³-hybridized carbons (Fsp3) is 0.231. The molecule has 0 spiro atoms. The summed E-state index contributed by atoms with van der Waals surface area (Å²) in [6.45, 7) is 0. The van der Waals surface area contributed by atoms with E-state index in [0.29, 0.717) is 8.14 Å². The summed E-state index contributed by atoms with van der Waals surface area (Å²) >= 11 is 1.92. The van der Waals surface area contributed by atoms with Gasteiger partial charge in [-0.1, -0.05) is 0 Å². The predicted molar refractivity (Wildman–Crippen MR) is 87.3 cm³/mol. The third-order valence-electron chi connectivity index (χ3n) is 3.12. The van der Waals surface area contributed by atoms with E-state index in [1.54, 1.807) is 0 Å². The Kier molecular flexibility index (Phi) is 4.82. The smallest absolute Gasteiger partial charge is 0.433 e. The zero-order chi connectivity index (χ0) is 18.2. The molecule has 0 amide bonds. The Hall–Kier alpha value is -2.18. The van der Waals surface area contributed by atoms with Crippen molar-refractivity contribution in [2.75, 3.05) is 20.1 Å². The van der Waals surface area contributed by atoms with Crippen LogP contribution in [-0.4, -0.2) is 23.5 Å². The highest BCUT2D eigenvalue weighted by molar-refractivity contribution is 14.1. The highest BCUT2D eigenvalue weighted by Crippen LogP contribution is 2.32. The minimum Gasteiger partial charge on any atom is -0.495 e. The molecule has 24 heavy (non-hydrogen) atoms. The first-order valence-corrected chi connectivity index (χ1v) is 7.33. The number of nitrogen functional groups attached to an aromatic ring is 1. The maximum atomic E-state index is 12.8. The van der Waals surface area contributed by atoms with Crippen LogP contribution in [0.4, 0.5) is 13.2 Å². The van der Waals surface area contributed by atoms with Gasteiger partial charge < -0.3 is 15.3 Å². The molecular formula is C13H11F3IN3O4. The minimum absolute atomic E-state index is 0.0351. The molecule has 0 saturated carbocycles. The third kappa shape index (κ3) is 3.07. The van der Waals surface area contributed by atoms with Crippen molar-refractivity contribution in [1.82, 2.24) is 9.24 Å². The molecule has 2 aromatic rings. The number of hydrogen-bond acceptors (Lipinski definition) is 5. The van der Waals surface area contributed by atoms with Crippen molar-refractivity contribution in [2.24, 2.45) is 0 Å². The van der Waals surface area contributed by atoms with Gasteiger partial charge >= 0.3 is 11.9 Å². The maximum absolute atomic E-state index is 12.8. The molecule has 11 heteroatoms. The molecule has 7 nitrogen and oxygen atoms in total. The van der Waals surface area contributed by atoms with Crippen LogP contribution in [0, 0.1) is 3.57 Å². The Morgan fingerprint density at radius 1 is 1.08 bits per heavy atom. The number of methoxy groups -OCH3 is 2. The van der Waals surface area contributed by atoms with E-state index in [1.807, 2.05) is 22.6 Å². The molecule has 0 atom stereocenters. The molecule has 130 valence electrons. The molecule has 1 aromatic carbocycles. The first-order valence-electron chi connectivity index (χ1n) is 6.25. The zero-order valence-electron chi connectivity index (χ0n) is 12.3. The van der Waals surface area contributed by atoms with Gasteiger partial charge in [0, 0.05) is 18.2 Å². The quantitative estimate of drug-likeness (QED) is 0.556. The van der Waals surface area contributed by atoms with Gasteiger partial charge in [0.25, 0.3) is 5.56 Å². The monoisotopic (exact) mass is 457 g/mol. The largest absolute Gasteiger partial charge is 0.495 e. The van der Waals surface area contributed by atoms with Crippen LogP contribution in [0.2, 0.25) is 0 Å². The number of nitrogens with zero attached hydrogens (tertiary/aromatic N) is 2. The normalized spacial score (nSPS) is 11.4. The van der Waals surface area contributed by atoms with Crippen LogP contribution >= 0.6 is 22.6 Å². The molecule has 2 N–H and O–H groups in total. The molecule has 0 aliphatic rings. The Morgan fingerprint density at radius 3 is 2.00 bits per heavy atom. The number of halogens is 4. The lowest BCUT2D eigenvalue weighted by molar-refractivity contribution is -0.143. The van der Waals surface area contributed by atoms with Crippen LogP contribution < -0.4 is 26.6 Å². The second-order valence-electron chi connectivity index (χ2n) is 4.52. The lowest BCUT2D eigenvalue weighted by Gasteiger charge is -2.15. The van der Waals surface area contributed by atoms with Crippen molar-refractivity contribution >= 4 is 22.6 Å². The number of hydrogen-bond donors (Lipinski definition) is 1. The lowest BCUT2D eigenvalue weighted by atomic mass is 10.2. The van der Waals surface area contributed by atoms with E-state index in [9.17, 15) is 22.8 Å². The van der Waals surface area contributed by atoms with Crippen LogP contribution in [0.3, 0.4) is 0 Å². The first kappa shape index (κ1) is 18.2.